The van der Waals surface area contributed by atoms with Crippen molar-refractivity contribution < 1.29 is 4.74 Å². The van der Waals surface area contributed by atoms with Crippen LogP contribution < -0.4 is 5.32 Å². The summed E-state index contributed by atoms with van der Waals surface area (Å²) < 4.78 is 6.97. The Bertz CT molecular complexity index is 353. The van der Waals surface area contributed by atoms with Gasteiger partial charge in [0.25, 0.3) is 0 Å². The summed E-state index contributed by atoms with van der Waals surface area (Å²) in [6, 6.07) is 0. The van der Waals surface area contributed by atoms with Crippen LogP contribution in [0.25, 0.3) is 0 Å². The molecule has 0 fully saturated rings. The summed E-state index contributed by atoms with van der Waals surface area (Å²) >= 11 is 0. The third-order valence-electron chi connectivity index (χ3n) is 3.04. The first kappa shape index (κ1) is 17.1. The van der Waals surface area contributed by atoms with E-state index in [0.29, 0.717) is 5.92 Å². The lowest BCUT2D eigenvalue weighted by Gasteiger charge is -2.15. The molecule has 0 aliphatic rings. The Morgan fingerprint density at radius 2 is 2.20 bits per heavy atom. The zero-order valence-corrected chi connectivity index (χ0v) is 13.3. The number of rotatable bonds is 11. The molecule has 1 heterocycles. The van der Waals surface area contributed by atoms with E-state index in [9.17, 15) is 0 Å². The molecule has 20 heavy (non-hydrogen) atoms. The van der Waals surface area contributed by atoms with Crippen molar-refractivity contribution in [2.24, 2.45) is 5.92 Å². The van der Waals surface area contributed by atoms with Gasteiger partial charge in [-0.05, 0) is 25.9 Å². The fraction of sp³-hybridized carbons (Fsp3) is 0.857. The lowest BCUT2D eigenvalue weighted by molar-refractivity contribution is 0.178. The summed E-state index contributed by atoms with van der Waals surface area (Å²) in [5, 5.41) is 11.7. The molecule has 0 saturated carbocycles. The molecule has 116 valence electrons. The van der Waals surface area contributed by atoms with Gasteiger partial charge in [0.05, 0.1) is 12.2 Å². The van der Waals surface area contributed by atoms with E-state index >= 15 is 0 Å². The average Bonchev–Trinajstić information content (AvgIpc) is 2.84. The molecule has 0 saturated heterocycles. The highest BCUT2D eigenvalue weighted by molar-refractivity contribution is 4.91. The van der Waals surface area contributed by atoms with Crippen LogP contribution in [0.15, 0.2) is 6.20 Å². The molecule has 0 atom stereocenters. The molecule has 1 aromatic heterocycles. The van der Waals surface area contributed by atoms with Gasteiger partial charge in [-0.25, -0.2) is 0 Å². The Hall–Kier alpha value is -0.980. The second kappa shape index (κ2) is 9.85. The molecule has 0 unspecified atom stereocenters. The van der Waals surface area contributed by atoms with E-state index in [2.05, 4.69) is 41.4 Å². The van der Waals surface area contributed by atoms with Crippen LogP contribution in [0.3, 0.4) is 0 Å². The van der Waals surface area contributed by atoms with E-state index < -0.39 is 0 Å². The number of ether oxygens (including phenoxy) is 1. The predicted molar refractivity (Wildman–Crippen MR) is 80.6 cm³/mol. The predicted octanol–water partition coefficient (Wildman–Crippen LogP) is 0.992. The van der Waals surface area contributed by atoms with E-state index in [1.165, 1.54) is 0 Å². The highest BCUT2D eigenvalue weighted by Gasteiger charge is 2.03. The average molecular weight is 283 g/mol. The summed E-state index contributed by atoms with van der Waals surface area (Å²) in [4.78, 5) is 2.29. The van der Waals surface area contributed by atoms with E-state index in [4.69, 9.17) is 4.74 Å². The van der Waals surface area contributed by atoms with Gasteiger partial charge >= 0.3 is 0 Å². The van der Waals surface area contributed by atoms with Crippen molar-refractivity contribution in [3.8, 4) is 0 Å². The van der Waals surface area contributed by atoms with Gasteiger partial charge in [-0.2, -0.15) is 0 Å². The molecular weight excluding hydrogens is 254 g/mol. The Labute approximate surface area is 122 Å². The first-order chi connectivity index (χ1) is 9.61. The summed E-state index contributed by atoms with van der Waals surface area (Å²) in [6.07, 6.45) is 3.09. The molecule has 0 radical (unpaired) electrons. The number of nitrogens with one attached hydrogen (secondary N) is 1. The maximum atomic E-state index is 5.05. The molecule has 6 nitrogen and oxygen atoms in total. The topological polar surface area (TPSA) is 55.2 Å². The largest absolute Gasteiger partial charge is 0.385 e. The summed E-state index contributed by atoms with van der Waals surface area (Å²) in [5.41, 5.74) is 1.01. The maximum Gasteiger partial charge on any atom is 0.0964 e. The Morgan fingerprint density at radius 1 is 1.40 bits per heavy atom. The molecule has 0 amide bonds. The number of likely N-dealkylation sites (N-methyl/N-ethyl adjacent to an activating group) is 1. The van der Waals surface area contributed by atoms with Crippen molar-refractivity contribution in [1.82, 2.24) is 25.2 Å². The Balaban J connectivity index is 2.19. The zero-order valence-electron chi connectivity index (χ0n) is 13.3. The van der Waals surface area contributed by atoms with Crippen LogP contribution in [0.2, 0.25) is 0 Å². The zero-order chi connectivity index (χ0) is 14.8. The quantitative estimate of drug-likeness (QED) is 0.614. The molecule has 1 N–H and O–H groups in total. The second-order valence-corrected chi connectivity index (χ2v) is 5.65. The van der Waals surface area contributed by atoms with Crippen LogP contribution in [0.5, 0.6) is 0 Å². The monoisotopic (exact) mass is 283 g/mol. The van der Waals surface area contributed by atoms with Crippen LogP contribution in [-0.2, 0) is 17.8 Å². The number of hydrogen-bond donors (Lipinski definition) is 1. The molecule has 0 aliphatic heterocycles. The van der Waals surface area contributed by atoms with Gasteiger partial charge in [0, 0.05) is 39.5 Å². The number of hydrogen-bond acceptors (Lipinski definition) is 5. The van der Waals surface area contributed by atoms with Gasteiger partial charge in [-0.1, -0.05) is 19.1 Å². The fourth-order valence-electron chi connectivity index (χ4n) is 1.88. The lowest BCUT2D eigenvalue weighted by atomic mass is 10.2. The minimum Gasteiger partial charge on any atom is -0.385 e. The van der Waals surface area contributed by atoms with E-state index in [0.717, 1.165) is 51.4 Å². The minimum absolute atomic E-state index is 0.658. The van der Waals surface area contributed by atoms with Crippen molar-refractivity contribution in [3.05, 3.63) is 11.9 Å². The van der Waals surface area contributed by atoms with E-state index in [-0.39, 0.29) is 0 Å². The maximum absolute atomic E-state index is 5.05. The number of aromatic nitrogens is 3. The number of nitrogens with zero attached hydrogens (tertiary/aromatic N) is 4. The highest BCUT2D eigenvalue weighted by Crippen LogP contribution is 1.96. The molecule has 0 aromatic carbocycles. The van der Waals surface area contributed by atoms with Crippen molar-refractivity contribution in [2.75, 3.05) is 40.4 Å². The van der Waals surface area contributed by atoms with Crippen LogP contribution >= 0.6 is 0 Å². The minimum atomic E-state index is 0.658. The van der Waals surface area contributed by atoms with Crippen LogP contribution in [-0.4, -0.2) is 60.3 Å². The number of methoxy groups -OCH3 is 1. The highest BCUT2D eigenvalue weighted by atomic mass is 16.5. The van der Waals surface area contributed by atoms with Crippen molar-refractivity contribution in [1.29, 1.82) is 0 Å². The van der Waals surface area contributed by atoms with Gasteiger partial charge < -0.3 is 15.0 Å². The van der Waals surface area contributed by atoms with E-state index in [1.807, 2.05) is 10.9 Å². The van der Waals surface area contributed by atoms with Crippen molar-refractivity contribution in [2.45, 2.75) is 33.4 Å². The summed E-state index contributed by atoms with van der Waals surface area (Å²) in [6.45, 7) is 9.92. The van der Waals surface area contributed by atoms with Gasteiger partial charge in [0.1, 0.15) is 0 Å². The van der Waals surface area contributed by atoms with Crippen LogP contribution in [0, 0.1) is 5.92 Å². The Kier molecular flexibility index (Phi) is 8.41. The van der Waals surface area contributed by atoms with Crippen molar-refractivity contribution in [3.63, 3.8) is 0 Å². The molecule has 6 heteroatoms. The second-order valence-electron chi connectivity index (χ2n) is 5.65. The SMILES string of the molecule is COCCCN(C)CCn1cc(CNCC(C)C)nn1. The van der Waals surface area contributed by atoms with Gasteiger partial charge in [-0.3, -0.25) is 4.68 Å². The molecular formula is C14H29N5O. The molecule has 0 aliphatic carbocycles. The summed E-state index contributed by atoms with van der Waals surface area (Å²) in [7, 11) is 3.86. The lowest BCUT2D eigenvalue weighted by Crippen LogP contribution is -2.25. The standard InChI is InChI=1S/C14H29N5O/c1-13(2)10-15-11-14-12-19(17-16-14)8-7-18(3)6-5-9-20-4/h12-13,15H,5-11H2,1-4H3. The van der Waals surface area contributed by atoms with Gasteiger partial charge in [0.2, 0.25) is 0 Å². The van der Waals surface area contributed by atoms with E-state index in [1.54, 1.807) is 7.11 Å². The molecule has 0 spiro atoms. The third-order valence-corrected chi connectivity index (χ3v) is 3.04. The van der Waals surface area contributed by atoms with Crippen LogP contribution in [0.1, 0.15) is 26.0 Å². The van der Waals surface area contributed by atoms with Gasteiger partial charge in [-0.15, -0.1) is 5.10 Å². The smallest absolute Gasteiger partial charge is 0.0964 e. The molecule has 1 rings (SSSR count). The molecule has 1 aromatic rings. The fourth-order valence-corrected chi connectivity index (χ4v) is 1.88. The first-order valence-electron chi connectivity index (χ1n) is 7.39. The van der Waals surface area contributed by atoms with Gasteiger partial charge in [0.15, 0.2) is 0 Å². The van der Waals surface area contributed by atoms with Crippen LogP contribution in [0.4, 0.5) is 0 Å². The third kappa shape index (κ3) is 7.57. The molecule has 0 bridgehead atoms. The summed E-state index contributed by atoms with van der Waals surface area (Å²) in [5.74, 6) is 0.658. The van der Waals surface area contributed by atoms with Crippen molar-refractivity contribution >= 4 is 0 Å². The normalized spacial score (nSPS) is 11.7. The Morgan fingerprint density at radius 3 is 2.90 bits per heavy atom. The first-order valence-corrected chi connectivity index (χ1v) is 7.39.